The van der Waals surface area contributed by atoms with Crippen LogP contribution < -0.4 is 10.5 Å². The number of imidazole rings is 1. The van der Waals surface area contributed by atoms with E-state index in [0.717, 1.165) is 18.4 Å². The Kier molecular flexibility index (Phi) is 3.10. The number of hydrogen-bond donors (Lipinski definition) is 1. The number of anilines is 1. The lowest BCUT2D eigenvalue weighted by molar-refractivity contribution is -0.0495. The summed E-state index contributed by atoms with van der Waals surface area (Å²) in [5.41, 5.74) is 8.15. The van der Waals surface area contributed by atoms with Gasteiger partial charge in [0, 0.05) is 5.56 Å². The Labute approximate surface area is 129 Å². The Hall–Kier alpha value is -2.77. The van der Waals surface area contributed by atoms with Crippen LogP contribution in [0.3, 0.4) is 0 Å². The van der Waals surface area contributed by atoms with Crippen molar-refractivity contribution in [2.45, 2.75) is 25.4 Å². The van der Waals surface area contributed by atoms with E-state index in [1.165, 1.54) is 6.33 Å². The standard InChI is InChI=1S/C15H13F2N5O/c16-14(17)23-12-5-9(8-1-2-8)3-4-10(12)13-11-6-19-7-22(11)15(18)21-20-13/h3-8,14H,1-2H2,(H2,18,21). The number of nitrogens with two attached hydrogens (primary N) is 1. The third kappa shape index (κ3) is 2.45. The number of halogens is 2. The monoisotopic (exact) mass is 317 g/mol. The van der Waals surface area contributed by atoms with Gasteiger partial charge in [0.1, 0.15) is 17.8 Å². The van der Waals surface area contributed by atoms with Gasteiger partial charge in [0.05, 0.1) is 11.7 Å². The Morgan fingerprint density at radius 1 is 1.26 bits per heavy atom. The molecule has 0 aliphatic heterocycles. The van der Waals surface area contributed by atoms with E-state index < -0.39 is 6.61 Å². The molecule has 0 bridgehead atoms. The highest BCUT2D eigenvalue weighted by Crippen LogP contribution is 2.43. The number of nitrogen functional groups attached to an aromatic ring is 1. The number of alkyl halides is 2. The molecule has 1 fully saturated rings. The molecule has 2 aromatic heterocycles. The number of benzene rings is 1. The van der Waals surface area contributed by atoms with E-state index in [1.54, 1.807) is 22.7 Å². The van der Waals surface area contributed by atoms with Gasteiger partial charge >= 0.3 is 6.61 Å². The maximum absolute atomic E-state index is 12.8. The zero-order valence-electron chi connectivity index (χ0n) is 12.0. The van der Waals surface area contributed by atoms with Crippen LogP contribution in [0.1, 0.15) is 24.3 Å². The van der Waals surface area contributed by atoms with Gasteiger partial charge in [-0.2, -0.15) is 8.78 Å². The van der Waals surface area contributed by atoms with Gasteiger partial charge in [0.25, 0.3) is 0 Å². The average molecular weight is 317 g/mol. The van der Waals surface area contributed by atoms with Crippen molar-refractivity contribution in [2.75, 3.05) is 5.73 Å². The lowest BCUT2D eigenvalue weighted by Crippen LogP contribution is -2.06. The predicted molar refractivity (Wildman–Crippen MR) is 79.2 cm³/mol. The minimum atomic E-state index is -2.91. The number of rotatable bonds is 4. The van der Waals surface area contributed by atoms with Gasteiger partial charge < -0.3 is 10.5 Å². The SMILES string of the molecule is Nc1nnc(-c2ccc(C3CC3)cc2OC(F)F)c2cncn12. The molecule has 3 aromatic rings. The van der Waals surface area contributed by atoms with Crippen molar-refractivity contribution in [2.24, 2.45) is 0 Å². The first-order valence-corrected chi connectivity index (χ1v) is 7.17. The third-order valence-corrected chi connectivity index (χ3v) is 3.91. The molecule has 23 heavy (non-hydrogen) atoms. The zero-order valence-corrected chi connectivity index (χ0v) is 12.0. The lowest BCUT2D eigenvalue weighted by atomic mass is 10.0. The first-order chi connectivity index (χ1) is 11.1. The van der Waals surface area contributed by atoms with Crippen molar-refractivity contribution < 1.29 is 13.5 Å². The van der Waals surface area contributed by atoms with Crippen LogP contribution in [0, 0.1) is 0 Å². The fourth-order valence-corrected chi connectivity index (χ4v) is 2.64. The molecule has 8 heteroatoms. The normalized spacial score (nSPS) is 14.6. The van der Waals surface area contributed by atoms with Gasteiger partial charge in [0.15, 0.2) is 0 Å². The van der Waals surface area contributed by atoms with Gasteiger partial charge in [-0.1, -0.05) is 6.07 Å². The number of aromatic nitrogens is 4. The van der Waals surface area contributed by atoms with Gasteiger partial charge in [-0.25, -0.2) is 4.98 Å². The quantitative estimate of drug-likeness (QED) is 0.800. The number of nitrogens with zero attached hydrogens (tertiary/aromatic N) is 4. The first kappa shape index (κ1) is 13.9. The van der Waals surface area contributed by atoms with Crippen molar-refractivity contribution in [3.8, 4) is 17.0 Å². The van der Waals surface area contributed by atoms with Gasteiger partial charge in [-0.3, -0.25) is 4.40 Å². The van der Waals surface area contributed by atoms with Crippen LogP contribution in [-0.2, 0) is 0 Å². The van der Waals surface area contributed by atoms with Crippen LogP contribution in [-0.4, -0.2) is 26.2 Å². The molecular formula is C15H13F2N5O. The molecule has 1 aliphatic carbocycles. The summed E-state index contributed by atoms with van der Waals surface area (Å²) in [7, 11) is 0. The summed E-state index contributed by atoms with van der Waals surface area (Å²) in [6.45, 7) is -2.91. The van der Waals surface area contributed by atoms with Crippen LogP contribution in [0.5, 0.6) is 5.75 Å². The zero-order chi connectivity index (χ0) is 16.0. The molecule has 2 N–H and O–H groups in total. The van der Waals surface area contributed by atoms with E-state index in [2.05, 4.69) is 15.2 Å². The van der Waals surface area contributed by atoms with E-state index in [1.807, 2.05) is 6.07 Å². The van der Waals surface area contributed by atoms with Crippen molar-refractivity contribution in [1.29, 1.82) is 0 Å². The maximum Gasteiger partial charge on any atom is 0.387 e. The third-order valence-electron chi connectivity index (χ3n) is 3.91. The molecule has 0 radical (unpaired) electrons. The molecule has 4 rings (SSSR count). The molecule has 1 aromatic carbocycles. The fourth-order valence-electron chi connectivity index (χ4n) is 2.64. The summed E-state index contributed by atoms with van der Waals surface area (Å²) in [4.78, 5) is 4.01. The van der Waals surface area contributed by atoms with Crippen LogP contribution in [0.2, 0.25) is 0 Å². The molecule has 0 saturated heterocycles. The maximum atomic E-state index is 12.8. The van der Waals surface area contributed by atoms with Crippen LogP contribution in [0.15, 0.2) is 30.7 Å². The second-order valence-electron chi connectivity index (χ2n) is 5.46. The molecule has 0 unspecified atom stereocenters. The predicted octanol–water partition coefficient (Wildman–Crippen LogP) is 2.85. The molecule has 118 valence electrons. The summed E-state index contributed by atoms with van der Waals surface area (Å²) in [5, 5.41) is 7.90. The van der Waals surface area contributed by atoms with E-state index in [4.69, 9.17) is 10.5 Å². The molecule has 0 atom stereocenters. The van der Waals surface area contributed by atoms with Crippen molar-refractivity contribution in [3.63, 3.8) is 0 Å². The number of ether oxygens (including phenoxy) is 1. The van der Waals surface area contributed by atoms with Crippen molar-refractivity contribution >= 4 is 11.5 Å². The summed E-state index contributed by atoms with van der Waals surface area (Å²) >= 11 is 0. The topological polar surface area (TPSA) is 78.3 Å². The Bertz CT molecular complexity index is 875. The van der Waals surface area contributed by atoms with Gasteiger partial charge in [-0.05, 0) is 36.5 Å². The van der Waals surface area contributed by atoms with Crippen LogP contribution in [0.25, 0.3) is 16.8 Å². The molecule has 6 nitrogen and oxygen atoms in total. The highest BCUT2D eigenvalue weighted by molar-refractivity contribution is 5.81. The average Bonchev–Trinajstić information content (AvgIpc) is 3.24. The van der Waals surface area contributed by atoms with Crippen LogP contribution >= 0.6 is 0 Å². The van der Waals surface area contributed by atoms with E-state index in [-0.39, 0.29) is 11.7 Å². The molecule has 0 spiro atoms. The summed E-state index contributed by atoms with van der Waals surface area (Å²) in [6, 6.07) is 5.30. The van der Waals surface area contributed by atoms with E-state index >= 15 is 0 Å². The highest BCUT2D eigenvalue weighted by atomic mass is 19.3. The summed E-state index contributed by atoms with van der Waals surface area (Å²) in [6.07, 6.45) is 5.19. The molecule has 2 heterocycles. The molecule has 0 amide bonds. The van der Waals surface area contributed by atoms with Crippen molar-refractivity contribution in [3.05, 3.63) is 36.3 Å². The Morgan fingerprint density at radius 2 is 2.09 bits per heavy atom. The molecule has 1 aliphatic rings. The minimum absolute atomic E-state index is 0.0894. The molecular weight excluding hydrogens is 304 g/mol. The second kappa shape index (κ2) is 5.15. The van der Waals surface area contributed by atoms with Crippen molar-refractivity contribution in [1.82, 2.24) is 19.6 Å². The number of fused-ring (bicyclic) bond motifs is 1. The van der Waals surface area contributed by atoms with E-state index in [9.17, 15) is 8.78 Å². The Morgan fingerprint density at radius 3 is 2.83 bits per heavy atom. The van der Waals surface area contributed by atoms with Gasteiger partial charge in [-0.15, -0.1) is 10.2 Å². The minimum Gasteiger partial charge on any atom is -0.434 e. The van der Waals surface area contributed by atoms with Gasteiger partial charge in [0.2, 0.25) is 5.95 Å². The fraction of sp³-hybridized carbons (Fsp3) is 0.267. The summed E-state index contributed by atoms with van der Waals surface area (Å²) < 4.78 is 31.8. The summed E-state index contributed by atoms with van der Waals surface area (Å²) in [5.74, 6) is 0.690. The first-order valence-electron chi connectivity index (χ1n) is 7.17. The van der Waals surface area contributed by atoms with E-state index in [0.29, 0.717) is 22.7 Å². The smallest absolute Gasteiger partial charge is 0.387 e. The largest absolute Gasteiger partial charge is 0.434 e. The lowest BCUT2D eigenvalue weighted by Gasteiger charge is -2.13. The number of hydrogen-bond acceptors (Lipinski definition) is 5. The van der Waals surface area contributed by atoms with Crippen LogP contribution in [0.4, 0.5) is 14.7 Å². The second-order valence-corrected chi connectivity index (χ2v) is 5.46. The Balaban J connectivity index is 1.89. The molecule has 1 saturated carbocycles. The highest BCUT2D eigenvalue weighted by Gasteiger charge is 2.26.